The van der Waals surface area contributed by atoms with Gasteiger partial charge in [-0.3, -0.25) is 4.79 Å². The molecule has 2 N–H and O–H groups in total. The molecular formula is C16H23NO3. The van der Waals surface area contributed by atoms with Gasteiger partial charge < -0.3 is 10.4 Å². The second kappa shape index (κ2) is 5.27. The van der Waals surface area contributed by atoms with E-state index in [4.69, 9.17) is 5.11 Å². The number of carboxylic acids is 1. The fourth-order valence-electron chi connectivity index (χ4n) is 2.24. The molecule has 20 heavy (non-hydrogen) atoms. The van der Waals surface area contributed by atoms with Crippen LogP contribution in [0.4, 0.5) is 0 Å². The van der Waals surface area contributed by atoms with Crippen LogP contribution in [0.25, 0.3) is 0 Å². The van der Waals surface area contributed by atoms with Gasteiger partial charge in [0.05, 0.1) is 0 Å². The lowest BCUT2D eigenvalue weighted by molar-refractivity contribution is -0.143. The predicted octanol–water partition coefficient (Wildman–Crippen LogP) is 2.82. The van der Waals surface area contributed by atoms with Crippen molar-refractivity contribution < 1.29 is 14.7 Å². The molecule has 0 aliphatic heterocycles. The number of carboxylic acid groups (broad SMARTS) is 1. The maximum atomic E-state index is 12.4. The summed E-state index contributed by atoms with van der Waals surface area (Å²) in [6.07, 6.45) is 0. The van der Waals surface area contributed by atoms with Crippen LogP contribution in [0.3, 0.4) is 0 Å². The Morgan fingerprint density at radius 2 is 1.20 bits per heavy atom. The molecule has 0 radical (unpaired) electrons. The van der Waals surface area contributed by atoms with Crippen molar-refractivity contribution in [2.24, 2.45) is 0 Å². The number of carbonyl (C=O) groups is 2. The number of nitrogens with one attached hydrogen (secondary N) is 1. The average molecular weight is 277 g/mol. The van der Waals surface area contributed by atoms with E-state index in [0.29, 0.717) is 5.56 Å². The average Bonchev–Trinajstić information content (AvgIpc) is 2.33. The van der Waals surface area contributed by atoms with Gasteiger partial charge in [-0.05, 0) is 76.3 Å². The molecule has 1 aromatic carbocycles. The van der Waals surface area contributed by atoms with E-state index < -0.39 is 11.5 Å². The van der Waals surface area contributed by atoms with Crippen LogP contribution in [0.5, 0.6) is 0 Å². The van der Waals surface area contributed by atoms with Crippen molar-refractivity contribution in [1.29, 1.82) is 0 Å². The fourth-order valence-corrected chi connectivity index (χ4v) is 2.24. The Morgan fingerprint density at radius 1 is 0.850 bits per heavy atom. The van der Waals surface area contributed by atoms with E-state index in [2.05, 4.69) is 5.32 Å². The first kappa shape index (κ1) is 16.2. The molecule has 4 heteroatoms. The van der Waals surface area contributed by atoms with Gasteiger partial charge in [-0.2, -0.15) is 0 Å². The number of hydrogen-bond acceptors (Lipinski definition) is 2. The first-order valence-corrected chi connectivity index (χ1v) is 6.63. The van der Waals surface area contributed by atoms with E-state index >= 15 is 0 Å². The van der Waals surface area contributed by atoms with Crippen molar-refractivity contribution in [3.63, 3.8) is 0 Å². The number of rotatable bonds is 3. The van der Waals surface area contributed by atoms with Gasteiger partial charge >= 0.3 is 5.97 Å². The summed E-state index contributed by atoms with van der Waals surface area (Å²) in [6.45, 7) is 12.8. The maximum absolute atomic E-state index is 12.4. The molecule has 110 valence electrons. The number of hydrogen-bond donors (Lipinski definition) is 2. The highest BCUT2D eigenvalue weighted by atomic mass is 16.4. The van der Waals surface area contributed by atoms with Crippen LogP contribution < -0.4 is 5.32 Å². The highest BCUT2D eigenvalue weighted by molar-refractivity contribution is 6.00. The van der Waals surface area contributed by atoms with E-state index in [9.17, 15) is 9.59 Å². The summed E-state index contributed by atoms with van der Waals surface area (Å²) in [6, 6.07) is 0. The number of aliphatic carboxylic acids is 1. The standard InChI is InChI=1S/C16H23NO3/c1-8-9(2)11(4)13(12(5)10(8)3)14(18)17-16(6,7)15(19)20/h1-7H3,(H,17,18)(H,19,20). The summed E-state index contributed by atoms with van der Waals surface area (Å²) in [7, 11) is 0. The topological polar surface area (TPSA) is 66.4 Å². The minimum Gasteiger partial charge on any atom is -0.480 e. The minimum atomic E-state index is -1.29. The molecule has 1 rings (SSSR count). The van der Waals surface area contributed by atoms with E-state index in [1.54, 1.807) is 0 Å². The number of carbonyl (C=O) groups excluding carboxylic acids is 1. The predicted molar refractivity (Wildman–Crippen MR) is 79.3 cm³/mol. The Bertz CT molecular complexity index is 557. The Balaban J connectivity index is 3.35. The third kappa shape index (κ3) is 2.69. The summed E-state index contributed by atoms with van der Waals surface area (Å²) in [4.78, 5) is 23.6. The fraction of sp³-hybridized carbons (Fsp3) is 0.500. The van der Waals surface area contributed by atoms with Crippen molar-refractivity contribution in [2.45, 2.75) is 54.0 Å². The normalized spacial score (nSPS) is 11.3. The Hall–Kier alpha value is -1.84. The lowest BCUT2D eigenvalue weighted by Crippen LogP contribution is -2.50. The largest absolute Gasteiger partial charge is 0.480 e. The minimum absolute atomic E-state index is 0.335. The lowest BCUT2D eigenvalue weighted by atomic mass is 9.89. The van der Waals surface area contributed by atoms with E-state index in [0.717, 1.165) is 22.3 Å². The molecule has 0 spiro atoms. The molecule has 0 heterocycles. The van der Waals surface area contributed by atoms with Crippen LogP contribution in [-0.2, 0) is 4.79 Å². The molecule has 1 amide bonds. The quantitative estimate of drug-likeness (QED) is 0.892. The summed E-state index contributed by atoms with van der Waals surface area (Å²) in [5.41, 5.74) is 4.43. The summed E-state index contributed by atoms with van der Waals surface area (Å²) in [5, 5.41) is 11.7. The molecule has 4 nitrogen and oxygen atoms in total. The highest BCUT2D eigenvalue weighted by Crippen LogP contribution is 2.26. The molecule has 0 saturated carbocycles. The molecule has 0 saturated heterocycles. The van der Waals surface area contributed by atoms with Crippen LogP contribution in [0.15, 0.2) is 0 Å². The Morgan fingerprint density at radius 3 is 1.55 bits per heavy atom. The van der Waals surface area contributed by atoms with Gasteiger partial charge in [-0.25, -0.2) is 4.79 Å². The van der Waals surface area contributed by atoms with E-state index in [1.165, 1.54) is 19.4 Å². The van der Waals surface area contributed by atoms with Gasteiger partial charge in [-0.1, -0.05) is 0 Å². The molecule has 0 aromatic heterocycles. The second-order valence-electron chi connectivity index (χ2n) is 5.88. The van der Waals surface area contributed by atoms with Gasteiger partial charge in [0.15, 0.2) is 0 Å². The smallest absolute Gasteiger partial charge is 0.328 e. The molecule has 0 aliphatic carbocycles. The summed E-state index contributed by atoms with van der Waals surface area (Å²) >= 11 is 0. The molecule has 0 unspecified atom stereocenters. The third-order valence-electron chi connectivity index (χ3n) is 4.19. The number of benzene rings is 1. The lowest BCUT2D eigenvalue weighted by Gasteiger charge is -2.24. The SMILES string of the molecule is Cc1c(C)c(C)c(C(=O)NC(C)(C)C(=O)O)c(C)c1C. The van der Waals surface area contributed by atoms with Crippen molar-refractivity contribution in [3.8, 4) is 0 Å². The van der Waals surface area contributed by atoms with Gasteiger partial charge in [-0.15, -0.1) is 0 Å². The molecule has 0 fully saturated rings. The van der Waals surface area contributed by atoms with Crippen LogP contribution in [-0.4, -0.2) is 22.5 Å². The first-order chi connectivity index (χ1) is 9.00. The van der Waals surface area contributed by atoms with Crippen LogP contribution in [0.2, 0.25) is 0 Å². The van der Waals surface area contributed by atoms with E-state index in [1.807, 2.05) is 34.6 Å². The molecule has 0 aliphatic rings. The van der Waals surface area contributed by atoms with Crippen LogP contribution >= 0.6 is 0 Å². The zero-order chi connectivity index (χ0) is 15.8. The molecule has 0 atom stereocenters. The van der Waals surface area contributed by atoms with Crippen molar-refractivity contribution in [2.75, 3.05) is 0 Å². The first-order valence-electron chi connectivity index (χ1n) is 6.63. The monoisotopic (exact) mass is 277 g/mol. The maximum Gasteiger partial charge on any atom is 0.328 e. The number of amides is 1. The second-order valence-corrected chi connectivity index (χ2v) is 5.88. The highest BCUT2D eigenvalue weighted by Gasteiger charge is 2.30. The van der Waals surface area contributed by atoms with Crippen molar-refractivity contribution in [1.82, 2.24) is 5.32 Å². The van der Waals surface area contributed by atoms with Crippen molar-refractivity contribution >= 4 is 11.9 Å². The van der Waals surface area contributed by atoms with Gasteiger partial charge in [0.2, 0.25) is 0 Å². The Labute approximate surface area is 120 Å². The van der Waals surface area contributed by atoms with Gasteiger partial charge in [0.25, 0.3) is 5.91 Å². The van der Waals surface area contributed by atoms with Gasteiger partial charge in [0, 0.05) is 5.56 Å². The van der Waals surface area contributed by atoms with Crippen molar-refractivity contribution in [3.05, 3.63) is 33.4 Å². The molecule has 0 bridgehead atoms. The zero-order valence-corrected chi connectivity index (χ0v) is 13.3. The zero-order valence-electron chi connectivity index (χ0n) is 13.3. The third-order valence-corrected chi connectivity index (χ3v) is 4.19. The van der Waals surface area contributed by atoms with Crippen LogP contribution in [0, 0.1) is 34.6 Å². The molecular weight excluding hydrogens is 254 g/mol. The Kier molecular flexibility index (Phi) is 4.27. The van der Waals surface area contributed by atoms with Gasteiger partial charge in [0.1, 0.15) is 5.54 Å². The van der Waals surface area contributed by atoms with E-state index in [-0.39, 0.29) is 5.91 Å². The summed E-state index contributed by atoms with van der Waals surface area (Å²) in [5.74, 6) is -1.39. The van der Waals surface area contributed by atoms with Crippen LogP contribution in [0.1, 0.15) is 52.0 Å². The molecule has 1 aromatic rings. The summed E-state index contributed by atoms with van der Waals surface area (Å²) < 4.78 is 0.